The van der Waals surface area contributed by atoms with Gasteiger partial charge in [-0.3, -0.25) is 4.79 Å². The Morgan fingerprint density at radius 3 is 1.31 bits per heavy atom. The third-order valence-corrected chi connectivity index (χ3v) is 14.4. The maximum atomic E-state index is 13.2. The molecule has 0 aromatic rings. The van der Waals surface area contributed by atoms with Gasteiger partial charge in [-0.25, -0.2) is 0 Å². The molecule has 0 saturated carbocycles. The fourth-order valence-electron chi connectivity index (χ4n) is 9.43. The molecule has 2 fully saturated rings. The van der Waals surface area contributed by atoms with E-state index in [9.17, 15) is 45.6 Å². The summed E-state index contributed by atoms with van der Waals surface area (Å²) in [7, 11) is 0. The average molecular weight is 1140 g/mol. The largest absolute Gasteiger partial charge is 0.394 e. The standard InChI is InChI=1S/C67H111NO13/c1-3-5-7-9-11-13-15-16-17-18-19-20-21-22-23-24-25-26-27-28-29-30-31-32-33-34-35-36-37-38-39-40-41-43-45-47-49-51-59(72)68-55(56(71)50-48-46-44-42-14-12-10-8-6-4-2)54-78-66-64(77)62(75)65(58(53-70)80-66)81-67-63(76)61(74)60(73)57(52-69)79-67/h5-8,11,13-14,16-17,19-20,22-23,25-26,28-29,42,48,50,55-58,60-67,69-71,73-77H,3-4,9-10,12,15,18,21,24,27,30-41,43-47,49,51-54H2,1-2H3,(H,68,72)/b7-5-,8-6+,13-11-,17-16-,20-19-,23-22-,26-25-,29-28-,42-14+,50-48+. The van der Waals surface area contributed by atoms with E-state index < -0.39 is 86.8 Å². The molecular formula is C67H111NO13. The number of aliphatic hydroxyl groups is 8. The molecule has 81 heavy (non-hydrogen) atoms. The summed E-state index contributed by atoms with van der Waals surface area (Å²) in [5, 5.41) is 86.8. The van der Waals surface area contributed by atoms with Crippen molar-refractivity contribution in [1.82, 2.24) is 5.32 Å². The van der Waals surface area contributed by atoms with Gasteiger partial charge in [0.25, 0.3) is 0 Å². The van der Waals surface area contributed by atoms with Crippen LogP contribution in [0.15, 0.2) is 122 Å². The molecule has 1 amide bonds. The predicted molar refractivity (Wildman–Crippen MR) is 327 cm³/mol. The van der Waals surface area contributed by atoms with Crippen molar-refractivity contribution in [3.63, 3.8) is 0 Å². The molecule has 12 atom stereocenters. The first-order valence-corrected chi connectivity index (χ1v) is 31.3. The Morgan fingerprint density at radius 2 is 0.827 bits per heavy atom. The topological polar surface area (TPSA) is 228 Å². The van der Waals surface area contributed by atoms with E-state index in [1.165, 1.54) is 77.0 Å². The van der Waals surface area contributed by atoms with E-state index >= 15 is 0 Å². The Bertz CT molecular complexity index is 1820. The fraction of sp³-hybridized carbons (Fsp3) is 0.687. The molecule has 2 rings (SSSR count). The Hall–Kier alpha value is -3.61. The zero-order valence-electron chi connectivity index (χ0n) is 49.7. The number of ether oxygens (including phenoxy) is 4. The third kappa shape index (κ3) is 36.0. The minimum Gasteiger partial charge on any atom is -0.394 e. The number of nitrogens with one attached hydrogen (secondary N) is 1. The summed E-state index contributed by atoms with van der Waals surface area (Å²) in [5.74, 6) is -0.261. The lowest BCUT2D eigenvalue weighted by atomic mass is 9.97. The van der Waals surface area contributed by atoms with Crippen LogP contribution in [0.3, 0.4) is 0 Å². The molecule has 0 aromatic carbocycles. The normalized spacial score (nSPS) is 25.0. The van der Waals surface area contributed by atoms with Crippen molar-refractivity contribution in [3.8, 4) is 0 Å². The Labute approximate surface area is 488 Å². The van der Waals surface area contributed by atoms with Crippen molar-refractivity contribution in [2.24, 2.45) is 0 Å². The van der Waals surface area contributed by atoms with Gasteiger partial charge in [0.1, 0.15) is 48.8 Å². The third-order valence-electron chi connectivity index (χ3n) is 14.4. The average Bonchev–Trinajstić information content (AvgIpc) is 3.51. The van der Waals surface area contributed by atoms with Crippen LogP contribution >= 0.6 is 0 Å². The van der Waals surface area contributed by atoms with E-state index in [1.807, 2.05) is 6.08 Å². The number of rotatable bonds is 48. The summed E-state index contributed by atoms with van der Waals surface area (Å²) in [4.78, 5) is 13.2. The van der Waals surface area contributed by atoms with Crippen molar-refractivity contribution < 1.29 is 64.6 Å². The lowest BCUT2D eigenvalue weighted by Crippen LogP contribution is -2.65. The molecule has 462 valence electrons. The molecule has 14 nitrogen and oxygen atoms in total. The molecule has 14 heteroatoms. The summed E-state index contributed by atoms with van der Waals surface area (Å²) in [5.41, 5.74) is 0. The molecule has 2 saturated heterocycles. The van der Waals surface area contributed by atoms with Gasteiger partial charge in [0.15, 0.2) is 12.6 Å². The highest BCUT2D eigenvalue weighted by atomic mass is 16.7. The lowest BCUT2D eigenvalue weighted by Gasteiger charge is -2.46. The highest BCUT2D eigenvalue weighted by molar-refractivity contribution is 5.76. The smallest absolute Gasteiger partial charge is 0.220 e. The number of amides is 1. The van der Waals surface area contributed by atoms with Gasteiger partial charge in [-0.1, -0.05) is 219 Å². The van der Waals surface area contributed by atoms with Gasteiger partial charge in [-0.05, 0) is 96.3 Å². The Morgan fingerprint density at radius 1 is 0.444 bits per heavy atom. The molecule has 2 heterocycles. The van der Waals surface area contributed by atoms with Crippen molar-refractivity contribution in [1.29, 1.82) is 0 Å². The summed E-state index contributed by atoms with van der Waals surface area (Å²) >= 11 is 0. The van der Waals surface area contributed by atoms with E-state index in [-0.39, 0.29) is 18.9 Å². The molecular weight excluding hydrogens is 1030 g/mol. The van der Waals surface area contributed by atoms with Crippen LogP contribution in [0.2, 0.25) is 0 Å². The van der Waals surface area contributed by atoms with Crippen LogP contribution in [0.4, 0.5) is 0 Å². The number of carbonyl (C=O) groups excluding carboxylic acids is 1. The molecule has 0 bridgehead atoms. The van der Waals surface area contributed by atoms with Gasteiger partial charge in [-0.15, -0.1) is 0 Å². The van der Waals surface area contributed by atoms with Crippen LogP contribution in [-0.4, -0.2) is 140 Å². The SMILES string of the molecule is CC/C=C\C/C=C\C/C=C\C/C=C\C/C=C\C/C=C\C/C=C\CCCCCCCCCCCCCCCCCC(=O)NC(COC1OC(CO)C(OC2OC(CO)C(O)C(O)C2O)C(O)C1O)C(O)/C=C/CC/C=C/CC/C=C/CC. The minimum atomic E-state index is -1.80. The van der Waals surface area contributed by atoms with Crippen molar-refractivity contribution >= 4 is 5.91 Å². The van der Waals surface area contributed by atoms with Crippen molar-refractivity contribution in [3.05, 3.63) is 122 Å². The van der Waals surface area contributed by atoms with E-state index in [1.54, 1.807) is 6.08 Å². The highest BCUT2D eigenvalue weighted by Crippen LogP contribution is 2.30. The highest BCUT2D eigenvalue weighted by Gasteiger charge is 2.51. The van der Waals surface area contributed by atoms with E-state index in [0.717, 1.165) is 89.9 Å². The first-order valence-electron chi connectivity index (χ1n) is 31.3. The summed E-state index contributed by atoms with van der Waals surface area (Å²) in [6.45, 7) is 2.51. The number of hydrogen-bond donors (Lipinski definition) is 9. The predicted octanol–water partition coefficient (Wildman–Crippen LogP) is 11.4. The molecule has 0 radical (unpaired) electrons. The second kappa shape index (κ2) is 50.9. The van der Waals surface area contributed by atoms with Gasteiger partial charge < -0.3 is 65.1 Å². The fourth-order valence-corrected chi connectivity index (χ4v) is 9.43. The van der Waals surface area contributed by atoms with Crippen LogP contribution in [0.1, 0.15) is 200 Å². The van der Waals surface area contributed by atoms with E-state index in [0.29, 0.717) is 12.8 Å². The maximum absolute atomic E-state index is 13.2. The summed E-state index contributed by atoms with van der Waals surface area (Å²) in [6, 6.07) is -0.943. The van der Waals surface area contributed by atoms with Crippen LogP contribution in [-0.2, 0) is 23.7 Å². The molecule has 12 unspecified atom stereocenters. The maximum Gasteiger partial charge on any atom is 0.220 e. The van der Waals surface area contributed by atoms with Gasteiger partial charge >= 0.3 is 0 Å². The first-order chi connectivity index (χ1) is 39.6. The van der Waals surface area contributed by atoms with Crippen LogP contribution in [0, 0.1) is 0 Å². The van der Waals surface area contributed by atoms with E-state index in [4.69, 9.17) is 18.9 Å². The lowest BCUT2D eigenvalue weighted by molar-refractivity contribution is -0.359. The number of carbonyl (C=O) groups is 1. The molecule has 2 aliphatic rings. The van der Waals surface area contributed by atoms with Crippen LogP contribution < -0.4 is 5.32 Å². The second-order valence-corrected chi connectivity index (χ2v) is 21.4. The molecule has 0 aromatic heterocycles. The molecule has 2 aliphatic heterocycles. The number of aliphatic hydroxyl groups excluding tert-OH is 8. The van der Waals surface area contributed by atoms with Gasteiger partial charge in [0, 0.05) is 6.42 Å². The monoisotopic (exact) mass is 1140 g/mol. The molecule has 0 aliphatic carbocycles. The Kier molecular flexibility index (Phi) is 46.1. The van der Waals surface area contributed by atoms with Gasteiger partial charge in [0.2, 0.25) is 5.91 Å². The second-order valence-electron chi connectivity index (χ2n) is 21.4. The van der Waals surface area contributed by atoms with Crippen LogP contribution in [0.5, 0.6) is 0 Å². The summed E-state index contributed by atoms with van der Waals surface area (Å²) < 4.78 is 22.7. The van der Waals surface area contributed by atoms with Gasteiger partial charge in [-0.2, -0.15) is 0 Å². The number of hydrogen-bond acceptors (Lipinski definition) is 13. The zero-order chi connectivity index (χ0) is 58.8. The van der Waals surface area contributed by atoms with E-state index in [2.05, 4.69) is 129 Å². The Balaban J connectivity index is 1.60. The molecule has 9 N–H and O–H groups in total. The minimum absolute atomic E-state index is 0.261. The molecule has 0 spiro atoms. The number of unbranched alkanes of at least 4 members (excludes halogenated alkanes) is 17. The van der Waals surface area contributed by atoms with Crippen LogP contribution in [0.25, 0.3) is 0 Å². The van der Waals surface area contributed by atoms with Gasteiger partial charge in [0.05, 0.1) is 32.0 Å². The van der Waals surface area contributed by atoms with Crippen molar-refractivity contribution in [2.75, 3.05) is 19.8 Å². The number of allylic oxidation sites excluding steroid dienone is 19. The first kappa shape index (κ1) is 73.5. The quantitative estimate of drug-likeness (QED) is 0.0204. The summed E-state index contributed by atoms with van der Waals surface area (Å²) in [6.07, 6.45) is 57.1. The zero-order valence-corrected chi connectivity index (χ0v) is 49.7. The van der Waals surface area contributed by atoms with Crippen molar-refractivity contribution in [2.45, 2.75) is 274 Å².